The van der Waals surface area contributed by atoms with E-state index < -0.39 is 0 Å². The van der Waals surface area contributed by atoms with Crippen molar-refractivity contribution in [3.05, 3.63) is 69.7 Å². The van der Waals surface area contributed by atoms with E-state index in [0.717, 1.165) is 16.3 Å². The van der Waals surface area contributed by atoms with E-state index in [-0.39, 0.29) is 17.7 Å². The molecule has 1 unspecified atom stereocenters. The summed E-state index contributed by atoms with van der Waals surface area (Å²) < 4.78 is 0. The van der Waals surface area contributed by atoms with Gasteiger partial charge in [0.15, 0.2) is 0 Å². The number of nitrogens with one attached hydrogen (secondary N) is 1. The predicted molar refractivity (Wildman–Crippen MR) is 110 cm³/mol. The minimum absolute atomic E-state index is 0.0355. The number of aromatic nitrogens is 2. The first-order chi connectivity index (χ1) is 13.5. The first-order valence-corrected chi connectivity index (χ1v) is 9.96. The van der Waals surface area contributed by atoms with Gasteiger partial charge in [-0.25, -0.2) is 0 Å². The summed E-state index contributed by atoms with van der Waals surface area (Å²) in [4.78, 5) is 26.6. The Morgan fingerprint density at radius 3 is 2.75 bits per heavy atom. The van der Waals surface area contributed by atoms with Crippen molar-refractivity contribution in [1.82, 2.24) is 10.2 Å². The number of amides is 2. The largest absolute Gasteiger partial charge is 0.312 e. The van der Waals surface area contributed by atoms with Crippen molar-refractivity contribution in [2.24, 2.45) is 0 Å². The lowest BCUT2D eigenvalue weighted by Crippen LogP contribution is -2.24. The van der Waals surface area contributed by atoms with Gasteiger partial charge < -0.3 is 4.90 Å². The zero-order valence-corrected chi connectivity index (χ0v) is 16.6. The van der Waals surface area contributed by atoms with E-state index in [9.17, 15) is 9.59 Å². The number of rotatable bonds is 4. The van der Waals surface area contributed by atoms with Gasteiger partial charge in [0.2, 0.25) is 11.0 Å². The fourth-order valence-corrected chi connectivity index (χ4v) is 4.09. The highest BCUT2D eigenvalue weighted by atomic mass is 35.5. The summed E-state index contributed by atoms with van der Waals surface area (Å²) in [7, 11) is 0. The van der Waals surface area contributed by atoms with E-state index in [4.69, 9.17) is 11.6 Å². The Morgan fingerprint density at radius 2 is 2.00 bits per heavy atom. The molecule has 1 fully saturated rings. The Bertz CT molecular complexity index is 1030. The summed E-state index contributed by atoms with van der Waals surface area (Å²) >= 11 is 7.15. The molecule has 1 aliphatic heterocycles. The number of anilines is 2. The second-order valence-corrected chi connectivity index (χ2v) is 8.10. The fourth-order valence-electron chi connectivity index (χ4n) is 3.14. The first kappa shape index (κ1) is 18.6. The molecule has 6 nitrogen and oxygen atoms in total. The molecule has 0 spiro atoms. The van der Waals surface area contributed by atoms with Gasteiger partial charge in [-0.1, -0.05) is 35.1 Å². The van der Waals surface area contributed by atoms with Gasteiger partial charge in [0.1, 0.15) is 5.01 Å². The van der Waals surface area contributed by atoms with Gasteiger partial charge in [-0.2, -0.15) is 0 Å². The van der Waals surface area contributed by atoms with Crippen LogP contribution in [-0.4, -0.2) is 28.6 Å². The number of nitrogens with zero attached hydrogens (tertiary/aromatic N) is 3. The third-order valence-electron chi connectivity index (χ3n) is 4.56. The topological polar surface area (TPSA) is 75.2 Å². The molecule has 1 aliphatic rings. The quantitative estimate of drug-likeness (QED) is 0.694. The van der Waals surface area contributed by atoms with Crippen molar-refractivity contribution in [1.29, 1.82) is 0 Å². The van der Waals surface area contributed by atoms with E-state index >= 15 is 0 Å². The van der Waals surface area contributed by atoms with Crippen LogP contribution < -0.4 is 10.2 Å². The maximum Gasteiger partial charge on any atom is 0.257 e. The van der Waals surface area contributed by atoms with E-state index in [2.05, 4.69) is 15.5 Å². The lowest BCUT2D eigenvalue weighted by atomic mass is 10.1. The second-order valence-electron chi connectivity index (χ2n) is 6.65. The number of hydrogen-bond donors (Lipinski definition) is 1. The third kappa shape index (κ3) is 3.90. The van der Waals surface area contributed by atoms with Crippen LogP contribution in [0, 0.1) is 6.92 Å². The molecule has 8 heteroatoms. The molecule has 3 aromatic rings. The maximum absolute atomic E-state index is 12.5. The lowest BCUT2D eigenvalue weighted by molar-refractivity contribution is -0.117. The average molecular weight is 413 g/mol. The SMILES string of the molecule is Cc1cccc(N2CC(c3nnc(NC(=O)c4ccc(Cl)cc4)s3)CC2=O)c1. The Hall–Kier alpha value is -2.77. The second kappa shape index (κ2) is 7.69. The monoisotopic (exact) mass is 412 g/mol. The van der Waals surface area contributed by atoms with Crippen LogP contribution in [0.3, 0.4) is 0 Å². The van der Waals surface area contributed by atoms with E-state index in [1.165, 1.54) is 11.3 Å². The highest BCUT2D eigenvalue weighted by Gasteiger charge is 2.34. The molecular formula is C20H17ClN4O2S. The van der Waals surface area contributed by atoms with Gasteiger partial charge in [0.25, 0.3) is 5.91 Å². The number of aryl methyl sites for hydroxylation is 1. The van der Waals surface area contributed by atoms with E-state index in [0.29, 0.717) is 28.7 Å². The molecule has 142 valence electrons. The van der Waals surface area contributed by atoms with Gasteiger partial charge >= 0.3 is 0 Å². The molecule has 1 saturated heterocycles. The molecule has 2 aromatic carbocycles. The molecule has 4 rings (SSSR count). The lowest BCUT2D eigenvalue weighted by Gasteiger charge is -2.16. The van der Waals surface area contributed by atoms with Crippen LogP contribution in [-0.2, 0) is 4.79 Å². The summed E-state index contributed by atoms with van der Waals surface area (Å²) in [5.74, 6) is -0.243. The van der Waals surface area contributed by atoms with E-state index in [1.54, 1.807) is 29.2 Å². The molecule has 0 radical (unpaired) electrons. The molecule has 0 saturated carbocycles. The van der Waals surface area contributed by atoms with Crippen LogP contribution in [0.1, 0.15) is 33.3 Å². The Labute approximate surface area is 171 Å². The Morgan fingerprint density at radius 1 is 1.21 bits per heavy atom. The van der Waals surface area contributed by atoms with Gasteiger partial charge in [0, 0.05) is 35.2 Å². The van der Waals surface area contributed by atoms with Crippen LogP contribution in [0.5, 0.6) is 0 Å². The maximum atomic E-state index is 12.5. The van der Waals surface area contributed by atoms with Crippen molar-refractivity contribution >= 4 is 45.6 Å². The molecule has 1 aromatic heterocycles. The number of hydrogen-bond acceptors (Lipinski definition) is 5. The van der Waals surface area contributed by atoms with Crippen LogP contribution in [0.2, 0.25) is 5.02 Å². The Balaban J connectivity index is 1.45. The van der Waals surface area contributed by atoms with E-state index in [1.807, 2.05) is 31.2 Å². The summed E-state index contributed by atoms with van der Waals surface area (Å²) in [6.45, 7) is 2.56. The molecule has 0 bridgehead atoms. The normalized spacial score (nSPS) is 16.4. The standard InChI is InChI=1S/C20H17ClN4O2S/c1-12-3-2-4-16(9-12)25-11-14(10-17(25)26)19-23-24-20(28-19)22-18(27)13-5-7-15(21)8-6-13/h2-9,14H,10-11H2,1H3,(H,22,24,27). The zero-order chi connectivity index (χ0) is 19.7. The summed E-state index contributed by atoms with van der Waals surface area (Å²) in [6, 6.07) is 14.5. The molecule has 1 N–H and O–H groups in total. The average Bonchev–Trinajstić information content (AvgIpc) is 3.29. The summed E-state index contributed by atoms with van der Waals surface area (Å²) in [5, 5.41) is 12.7. The molecular weight excluding hydrogens is 396 g/mol. The van der Waals surface area contributed by atoms with Crippen molar-refractivity contribution in [3.63, 3.8) is 0 Å². The number of carbonyl (C=O) groups is 2. The number of benzene rings is 2. The van der Waals surface area contributed by atoms with Crippen molar-refractivity contribution in [2.45, 2.75) is 19.3 Å². The Kier molecular flexibility index (Phi) is 5.11. The van der Waals surface area contributed by atoms with Gasteiger partial charge in [-0.3, -0.25) is 14.9 Å². The van der Waals surface area contributed by atoms with Crippen molar-refractivity contribution in [3.8, 4) is 0 Å². The van der Waals surface area contributed by atoms with Crippen LogP contribution in [0.15, 0.2) is 48.5 Å². The fraction of sp³-hybridized carbons (Fsp3) is 0.200. The molecule has 2 amide bonds. The molecule has 28 heavy (non-hydrogen) atoms. The first-order valence-electron chi connectivity index (χ1n) is 8.77. The van der Waals surface area contributed by atoms with Crippen molar-refractivity contribution < 1.29 is 9.59 Å². The summed E-state index contributed by atoms with van der Waals surface area (Å²) in [6.07, 6.45) is 0.383. The van der Waals surface area contributed by atoms with Crippen LogP contribution >= 0.6 is 22.9 Å². The minimum Gasteiger partial charge on any atom is -0.312 e. The smallest absolute Gasteiger partial charge is 0.257 e. The zero-order valence-electron chi connectivity index (χ0n) is 15.1. The highest BCUT2D eigenvalue weighted by Crippen LogP contribution is 2.34. The highest BCUT2D eigenvalue weighted by molar-refractivity contribution is 7.15. The minimum atomic E-state index is -0.275. The number of halogens is 1. The predicted octanol–water partition coefficient (Wildman–Crippen LogP) is 4.27. The van der Waals surface area contributed by atoms with Crippen LogP contribution in [0.4, 0.5) is 10.8 Å². The van der Waals surface area contributed by atoms with Gasteiger partial charge in [0.05, 0.1) is 0 Å². The number of carbonyl (C=O) groups excluding carboxylic acids is 2. The van der Waals surface area contributed by atoms with Gasteiger partial charge in [-0.15, -0.1) is 10.2 Å². The summed E-state index contributed by atoms with van der Waals surface area (Å²) in [5.41, 5.74) is 2.49. The molecule has 0 aliphatic carbocycles. The van der Waals surface area contributed by atoms with Crippen LogP contribution in [0.25, 0.3) is 0 Å². The van der Waals surface area contributed by atoms with Crippen molar-refractivity contribution in [2.75, 3.05) is 16.8 Å². The molecule has 1 atom stereocenters. The van der Waals surface area contributed by atoms with Gasteiger partial charge in [-0.05, 0) is 48.9 Å². The molecule has 2 heterocycles. The third-order valence-corrected chi connectivity index (χ3v) is 5.81.